The highest BCUT2D eigenvalue weighted by Gasteiger charge is 2.12. The molecule has 0 unspecified atom stereocenters. The molecule has 0 saturated carbocycles. The molecule has 0 aromatic carbocycles. The Kier molecular flexibility index (Phi) is 3.54. The van der Waals surface area contributed by atoms with Crippen LogP contribution in [-0.4, -0.2) is 4.98 Å². The van der Waals surface area contributed by atoms with Gasteiger partial charge < -0.3 is 5.73 Å². The largest absolute Gasteiger partial charge is 0.324 e. The van der Waals surface area contributed by atoms with Gasteiger partial charge in [0.25, 0.3) is 0 Å². The number of nitrogens with zero attached hydrogens (tertiary/aromatic N) is 1. The van der Waals surface area contributed by atoms with E-state index in [0.29, 0.717) is 16.1 Å². The van der Waals surface area contributed by atoms with Gasteiger partial charge in [-0.25, -0.2) is 4.98 Å². The van der Waals surface area contributed by atoms with Crippen molar-refractivity contribution in [3.63, 3.8) is 0 Å². The Labute approximate surface area is 88.1 Å². The predicted octanol–water partition coefficient (Wildman–Crippen LogP) is 3.04. The number of hydrogen-bond donors (Lipinski definition) is 1. The highest BCUT2D eigenvalue weighted by Crippen LogP contribution is 2.25. The van der Waals surface area contributed by atoms with Gasteiger partial charge in [0.15, 0.2) is 0 Å². The van der Waals surface area contributed by atoms with E-state index >= 15 is 0 Å². The summed E-state index contributed by atoms with van der Waals surface area (Å²) in [6.45, 7) is 4.10. The fourth-order valence-corrected chi connectivity index (χ4v) is 1.28. The van der Waals surface area contributed by atoms with Crippen LogP contribution in [0, 0.1) is 5.92 Å². The first-order chi connectivity index (χ1) is 6.02. The fourth-order valence-electron chi connectivity index (χ4n) is 1.00. The second-order valence-electron chi connectivity index (χ2n) is 3.31. The topological polar surface area (TPSA) is 38.9 Å². The van der Waals surface area contributed by atoms with E-state index in [0.717, 1.165) is 5.56 Å². The Morgan fingerprint density at radius 3 is 2.46 bits per heavy atom. The molecule has 0 bridgehead atoms. The van der Waals surface area contributed by atoms with E-state index in [1.54, 1.807) is 12.3 Å². The van der Waals surface area contributed by atoms with Gasteiger partial charge in [-0.15, -0.1) is 0 Å². The van der Waals surface area contributed by atoms with Gasteiger partial charge in [0, 0.05) is 12.2 Å². The molecular formula is C9H12Cl2N2. The van der Waals surface area contributed by atoms with Gasteiger partial charge in [0.1, 0.15) is 5.15 Å². The van der Waals surface area contributed by atoms with Crippen molar-refractivity contribution in [3.05, 3.63) is 28.0 Å². The van der Waals surface area contributed by atoms with E-state index < -0.39 is 0 Å². The molecular weight excluding hydrogens is 207 g/mol. The zero-order valence-corrected chi connectivity index (χ0v) is 9.10. The average molecular weight is 219 g/mol. The van der Waals surface area contributed by atoms with Crippen LogP contribution in [0.25, 0.3) is 0 Å². The minimum Gasteiger partial charge on any atom is -0.324 e. The van der Waals surface area contributed by atoms with E-state index in [1.165, 1.54) is 0 Å². The highest BCUT2D eigenvalue weighted by molar-refractivity contribution is 6.41. The number of aromatic nitrogens is 1. The van der Waals surface area contributed by atoms with Crippen LogP contribution >= 0.6 is 23.2 Å². The monoisotopic (exact) mass is 218 g/mol. The lowest BCUT2D eigenvalue weighted by atomic mass is 9.99. The predicted molar refractivity (Wildman–Crippen MR) is 56.0 cm³/mol. The number of halogens is 2. The zero-order chi connectivity index (χ0) is 10.0. The van der Waals surface area contributed by atoms with Crippen molar-refractivity contribution in [1.29, 1.82) is 0 Å². The summed E-state index contributed by atoms with van der Waals surface area (Å²) in [6, 6.07) is 1.73. The van der Waals surface area contributed by atoms with Crippen LogP contribution in [-0.2, 0) is 0 Å². The first-order valence-corrected chi connectivity index (χ1v) is 4.84. The van der Waals surface area contributed by atoms with Crippen molar-refractivity contribution in [2.24, 2.45) is 11.7 Å². The maximum atomic E-state index is 5.92. The van der Waals surface area contributed by atoms with Crippen LogP contribution in [0.4, 0.5) is 0 Å². The quantitative estimate of drug-likeness (QED) is 0.776. The van der Waals surface area contributed by atoms with Crippen LogP contribution in [0.3, 0.4) is 0 Å². The normalized spacial score (nSPS) is 13.4. The van der Waals surface area contributed by atoms with Crippen LogP contribution in [0.1, 0.15) is 25.5 Å². The average Bonchev–Trinajstić information content (AvgIpc) is 2.08. The molecule has 72 valence electrons. The molecule has 0 amide bonds. The van der Waals surface area contributed by atoms with Gasteiger partial charge in [0.05, 0.1) is 5.02 Å². The summed E-state index contributed by atoms with van der Waals surface area (Å²) in [5.74, 6) is 0.360. The molecule has 0 radical (unpaired) electrons. The van der Waals surface area contributed by atoms with Crippen LogP contribution in [0.2, 0.25) is 10.2 Å². The van der Waals surface area contributed by atoms with Crippen LogP contribution < -0.4 is 5.73 Å². The van der Waals surface area contributed by atoms with E-state index in [4.69, 9.17) is 28.9 Å². The van der Waals surface area contributed by atoms with Crippen molar-refractivity contribution < 1.29 is 0 Å². The van der Waals surface area contributed by atoms with E-state index in [1.807, 2.05) is 13.8 Å². The lowest BCUT2D eigenvalue weighted by Crippen LogP contribution is -2.16. The van der Waals surface area contributed by atoms with Crippen molar-refractivity contribution in [2.75, 3.05) is 0 Å². The van der Waals surface area contributed by atoms with E-state index in [-0.39, 0.29) is 6.04 Å². The number of pyridine rings is 1. The zero-order valence-electron chi connectivity index (χ0n) is 7.59. The molecule has 1 atom stereocenters. The summed E-state index contributed by atoms with van der Waals surface area (Å²) in [5.41, 5.74) is 6.84. The molecule has 1 aromatic rings. The molecule has 0 aliphatic carbocycles. The summed E-state index contributed by atoms with van der Waals surface area (Å²) in [4.78, 5) is 3.94. The minimum atomic E-state index is -0.0396. The molecule has 0 spiro atoms. The van der Waals surface area contributed by atoms with Crippen molar-refractivity contribution in [1.82, 2.24) is 4.98 Å². The van der Waals surface area contributed by atoms with Gasteiger partial charge in [-0.1, -0.05) is 37.0 Å². The molecule has 4 heteroatoms. The number of rotatable bonds is 2. The molecule has 1 heterocycles. The van der Waals surface area contributed by atoms with Crippen molar-refractivity contribution in [3.8, 4) is 0 Å². The first kappa shape index (κ1) is 10.8. The lowest BCUT2D eigenvalue weighted by Gasteiger charge is -2.15. The van der Waals surface area contributed by atoms with E-state index in [9.17, 15) is 0 Å². The molecule has 1 rings (SSSR count). The molecule has 0 saturated heterocycles. The van der Waals surface area contributed by atoms with Gasteiger partial charge in [-0.3, -0.25) is 0 Å². The summed E-state index contributed by atoms with van der Waals surface area (Å²) in [7, 11) is 0. The summed E-state index contributed by atoms with van der Waals surface area (Å²) < 4.78 is 0. The van der Waals surface area contributed by atoms with Gasteiger partial charge in [-0.05, 0) is 17.5 Å². The molecule has 2 nitrogen and oxygen atoms in total. The maximum Gasteiger partial charge on any atom is 0.147 e. The first-order valence-electron chi connectivity index (χ1n) is 4.09. The van der Waals surface area contributed by atoms with Crippen LogP contribution in [0.15, 0.2) is 12.3 Å². The highest BCUT2D eigenvalue weighted by atomic mass is 35.5. The van der Waals surface area contributed by atoms with Crippen molar-refractivity contribution >= 4 is 23.2 Å². The van der Waals surface area contributed by atoms with Crippen LogP contribution in [0.5, 0.6) is 0 Å². The molecule has 13 heavy (non-hydrogen) atoms. The molecule has 2 N–H and O–H groups in total. The smallest absolute Gasteiger partial charge is 0.147 e. The third-order valence-corrected chi connectivity index (χ3v) is 2.61. The summed E-state index contributed by atoms with van der Waals surface area (Å²) >= 11 is 11.5. The molecule has 0 fully saturated rings. The maximum absolute atomic E-state index is 5.92. The number of nitrogens with two attached hydrogens (primary N) is 1. The van der Waals surface area contributed by atoms with E-state index in [2.05, 4.69) is 4.98 Å². The summed E-state index contributed by atoms with van der Waals surface area (Å²) in [5, 5.41) is 0.775. The third kappa shape index (κ3) is 2.56. The Morgan fingerprint density at radius 2 is 2.00 bits per heavy atom. The molecule has 1 aromatic heterocycles. The standard InChI is InChI=1S/C9H12Cl2N2/c1-5(2)8(12)6-3-7(10)9(11)13-4-6/h3-5,8H,12H2,1-2H3/t8-/m1/s1. The Hall–Kier alpha value is -0.310. The SMILES string of the molecule is CC(C)[C@@H](N)c1cnc(Cl)c(Cl)c1. The van der Waals surface area contributed by atoms with Gasteiger partial charge in [-0.2, -0.15) is 0 Å². The van der Waals surface area contributed by atoms with Gasteiger partial charge in [0.2, 0.25) is 0 Å². The fraction of sp³-hybridized carbons (Fsp3) is 0.444. The Bertz CT molecular complexity index is 300. The van der Waals surface area contributed by atoms with Gasteiger partial charge >= 0.3 is 0 Å². The van der Waals surface area contributed by atoms with Crippen molar-refractivity contribution in [2.45, 2.75) is 19.9 Å². The Morgan fingerprint density at radius 1 is 1.38 bits per heavy atom. The third-order valence-electron chi connectivity index (χ3n) is 1.92. The molecule has 0 aliphatic rings. The second-order valence-corrected chi connectivity index (χ2v) is 4.08. The number of hydrogen-bond acceptors (Lipinski definition) is 2. The lowest BCUT2D eigenvalue weighted by molar-refractivity contribution is 0.513. The minimum absolute atomic E-state index is 0.0396. The second kappa shape index (κ2) is 4.27. The molecule has 0 aliphatic heterocycles. The Balaban J connectivity index is 2.97. The summed E-state index contributed by atoms with van der Waals surface area (Å²) in [6.07, 6.45) is 1.67.